The second kappa shape index (κ2) is 12.5. The van der Waals surface area contributed by atoms with Gasteiger partial charge < -0.3 is 32.9 Å². The molecule has 8 nitrogen and oxygen atoms in total. The Hall–Kier alpha value is -6.80. The molecule has 9 rings (SSSR count). The maximum Gasteiger partial charge on any atom is 0.0963 e. The lowest BCUT2D eigenvalue weighted by atomic mass is 9.89. The first-order chi connectivity index (χ1) is 25.4. The highest BCUT2D eigenvalue weighted by Gasteiger charge is 2.33. The van der Waals surface area contributed by atoms with E-state index in [0.717, 1.165) is 72.6 Å². The van der Waals surface area contributed by atoms with E-state index >= 15 is 0 Å². The molecule has 0 fully saturated rings. The fourth-order valence-corrected chi connectivity index (χ4v) is 7.72. The first-order valence-electron chi connectivity index (χ1n) is 17.5. The van der Waals surface area contributed by atoms with E-state index in [1.807, 2.05) is 48.5 Å². The molecule has 5 heterocycles. The monoisotopic (exact) mass is 678 g/mol. The van der Waals surface area contributed by atoms with Crippen LogP contribution in [0.2, 0.25) is 0 Å². The van der Waals surface area contributed by atoms with Crippen molar-refractivity contribution in [3.63, 3.8) is 0 Å². The number of aromatic nitrogens is 2. The van der Waals surface area contributed by atoms with Gasteiger partial charge in [0, 0.05) is 67.4 Å². The number of allylic oxidation sites excluding steroid dienone is 2. The highest BCUT2D eigenvalue weighted by atomic mass is 14.9. The molecule has 4 atom stereocenters. The van der Waals surface area contributed by atoms with Gasteiger partial charge in [-0.2, -0.15) is 0 Å². The molecular formula is C44H38N8. The molecule has 3 aliphatic rings. The molecule has 0 saturated heterocycles. The molecule has 3 aliphatic heterocycles. The fourth-order valence-electron chi connectivity index (χ4n) is 7.72. The summed E-state index contributed by atoms with van der Waals surface area (Å²) in [5.74, 6) is -0.297. The van der Waals surface area contributed by atoms with Crippen LogP contribution in [-0.2, 0) is 0 Å². The number of H-pyrrole nitrogens is 2. The van der Waals surface area contributed by atoms with E-state index in [9.17, 15) is 0 Å². The molecular weight excluding hydrogens is 641 g/mol. The lowest BCUT2D eigenvalue weighted by molar-refractivity contribution is 0.693. The predicted octanol–water partition coefficient (Wildman–Crippen LogP) is 5.81. The number of hydrogen-bond donors (Lipinski definition) is 6. The largest absolute Gasteiger partial charge is 0.399 e. The quantitative estimate of drug-likeness (QED) is 0.130. The van der Waals surface area contributed by atoms with Crippen LogP contribution in [-0.4, -0.2) is 33.5 Å². The second-order valence-electron chi connectivity index (χ2n) is 13.7. The van der Waals surface area contributed by atoms with Crippen LogP contribution >= 0.6 is 0 Å². The predicted molar refractivity (Wildman–Crippen MR) is 214 cm³/mol. The summed E-state index contributed by atoms with van der Waals surface area (Å²) in [5.41, 5.74) is 37.7. The molecule has 4 aromatic carbocycles. The minimum Gasteiger partial charge on any atom is -0.399 e. The SMILES string of the molecule is Nc1ccc(/C2=c3\cc/c([nH]3)=C(\c3ccc(N)cc3)C3C=CC(=N3)C(c3ccc(N)cc3)C3=NC(C=C3)C(c3ccc(N)cc3)c3ccc2[nH]3)cc1. The Labute approximate surface area is 301 Å². The molecule has 0 radical (unpaired) electrons. The maximum atomic E-state index is 6.17. The van der Waals surface area contributed by atoms with Crippen LogP contribution in [0.3, 0.4) is 0 Å². The summed E-state index contributed by atoms with van der Waals surface area (Å²) in [5, 5.41) is 1.93. The Bertz CT molecular complexity index is 2550. The number of anilines is 4. The van der Waals surface area contributed by atoms with Gasteiger partial charge in [-0.3, -0.25) is 9.98 Å². The minimum absolute atomic E-state index is 0.103. The molecule has 4 unspecified atom stereocenters. The smallest absolute Gasteiger partial charge is 0.0963 e. The lowest BCUT2D eigenvalue weighted by Gasteiger charge is -2.22. The highest BCUT2D eigenvalue weighted by Crippen LogP contribution is 2.37. The number of hydrogen-bond acceptors (Lipinski definition) is 6. The molecule has 0 aliphatic carbocycles. The fraction of sp³-hybridized carbons (Fsp3) is 0.0909. The van der Waals surface area contributed by atoms with Gasteiger partial charge >= 0.3 is 0 Å². The van der Waals surface area contributed by atoms with Crippen LogP contribution in [0.5, 0.6) is 0 Å². The normalized spacial score (nSPS) is 22.7. The van der Waals surface area contributed by atoms with Crippen molar-refractivity contribution in [1.29, 1.82) is 0 Å². The zero-order valence-corrected chi connectivity index (χ0v) is 28.4. The van der Waals surface area contributed by atoms with Gasteiger partial charge in [-0.05, 0) is 107 Å². The first kappa shape index (κ1) is 31.2. The van der Waals surface area contributed by atoms with Crippen LogP contribution in [0, 0.1) is 0 Å². The zero-order valence-electron chi connectivity index (χ0n) is 28.4. The number of aromatic amines is 2. The van der Waals surface area contributed by atoms with Gasteiger partial charge in [0.1, 0.15) is 0 Å². The van der Waals surface area contributed by atoms with Crippen molar-refractivity contribution in [2.24, 2.45) is 9.98 Å². The van der Waals surface area contributed by atoms with E-state index in [2.05, 4.69) is 107 Å². The third-order valence-corrected chi connectivity index (χ3v) is 10.3. The second-order valence-corrected chi connectivity index (χ2v) is 13.7. The number of nitrogens with zero attached hydrogens (tertiary/aromatic N) is 2. The summed E-state index contributed by atoms with van der Waals surface area (Å²) < 4.78 is 0. The molecule has 10 N–H and O–H groups in total. The van der Waals surface area contributed by atoms with Gasteiger partial charge in [0.2, 0.25) is 0 Å². The van der Waals surface area contributed by atoms with E-state index in [1.165, 1.54) is 0 Å². The van der Waals surface area contributed by atoms with Crippen molar-refractivity contribution in [2.75, 3.05) is 22.9 Å². The molecule has 8 heteroatoms. The Morgan fingerprint density at radius 1 is 0.481 bits per heavy atom. The summed E-state index contributed by atoms with van der Waals surface area (Å²) in [6.07, 6.45) is 8.70. The molecule has 52 heavy (non-hydrogen) atoms. The van der Waals surface area contributed by atoms with Gasteiger partial charge in [-0.25, -0.2) is 0 Å². The Morgan fingerprint density at radius 3 is 1.71 bits per heavy atom. The Balaban J connectivity index is 1.34. The average molecular weight is 679 g/mol. The zero-order chi connectivity index (χ0) is 35.3. The molecule has 0 saturated carbocycles. The van der Waals surface area contributed by atoms with Crippen molar-refractivity contribution in [3.05, 3.63) is 190 Å². The van der Waals surface area contributed by atoms with Crippen LogP contribution in [0.25, 0.3) is 11.1 Å². The van der Waals surface area contributed by atoms with E-state index in [1.54, 1.807) is 0 Å². The lowest BCUT2D eigenvalue weighted by Crippen LogP contribution is -2.22. The number of rotatable bonds is 4. The van der Waals surface area contributed by atoms with Crippen molar-refractivity contribution >= 4 is 45.3 Å². The topological polar surface area (TPSA) is 160 Å². The minimum atomic E-state index is -0.254. The Kier molecular flexibility index (Phi) is 7.51. The summed E-state index contributed by atoms with van der Waals surface area (Å²) in [6.45, 7) is 0. The van der Waals surface area contributed by atoms with Crippen LogP contribution in [0.1, 0.15) is 45.5 Å². The van der Waals surface area contributed by atoms with Crippen molar-refractivity contribution in [1.82, 2.24) is 9.97 Å². The standard InChI is InChI=1S/C44H38N8/c45-29-9-1-25(2-10-29)41-33-17-19-35(49-33)42(26-3-11-30(46)12-4-26)37-21-23-39(51-37)44(28-7-15-32(48)16-8-28)40-24-22-38(52-40)43(36-20-18-34(41)50-36)27-5-13-31(47)14-6-27/h1-24,33,39,41-42,50,52H,45-48H2/b43-38-,44-40-. The van der Waals surface area contributed by atoms with Crippen molar-refractivity contribution in [3.8, 4) is 0 Å². The summed E-state index contributed by atoms with van der Waals surface area (Å²) >= 11 is 0. The van der Waals surface area contributed by atoms with Gasteiger partial charge in [-0.1, -0.05) is 60.7 Å². The number of fused-ring (bicyclic) bond motifs is 6. The number of nitrogens with two attached hydrogens (primary N) is 4. The number of aliphatic imine (C=N–C) groups is 2. The summed E-state index contributed by atoms with van der Waals surface area (Å²) in [7, 11) is 0. The molecule has 0 amide bonds. The molecule has 8 bridgehead atoms. The number of nitrogen functional groups attached to an aromatic ring is 4. The molecule has 2 aromatic heterocycles. The highest BCUT2D eigenvalue weighted by molar-refractivity contribution is 6.22. The van der Waals surface area contributed by atoms with Gasteiger partial charge in [0.25, 0.3) is 0 Å². The number of nitrogens with one attached hydrogen (secondary N) is 2. The van der Waals surface area contributed by atoms with E-state index in [0.29, 0.717) is 17.1 Å². The van der Waals surface area contributed by atoms with Gasteiger partial charge in [-0.15, -0.1) is 0 Å². The van der Waals surface area contributed by atoms with Gasteiger partial charge in [0.15, 0.2) is 0 Å². The van der Waals surface area contributed by atoms with E-state index in [4.69, 9.17) is 32.9 Å². The Morgan fingerprint density at radius 2 is 1.04 bits per heavy atom. The van der Waals surface area contributed by atoms with E-state index in [-0.39, 0.29) is 23.9 Å². The van der Waals surface area contributed by atoms with Crippen molar-refractivity contribution < 1.29 is 0 Å². The summed E-state index contributed by atoms with van der Waals surface area (Å²) in [4.78, 5) is 18.6. The van der Waals surface area contributed by atoms with Crippen LogP contribution < -0.4 is 33.6 Å². The number of benzene rings is 4. The molecule has 6 aromatic rings. The van der Waals surface area contributed by atoms with Crippen molar-refractivity contribution in [2.45, 2.75) is 23.9 Å². The molecule has 254 valence electrons. The van der Waals surface area contributed by atoms with E-state index < -0.39 is 0 Å². The third kappa shape index (κ3) is 5.60. The van der Waals surface area contributed by atoms with Crippen LogP contribution in [0.4, 0.5) is 22.7 Å². The average Bonchev–Trinajstić information content (AvgIpc) is 3.99. The van der Waals surface area contributed by atoms with Crippen LogP contribution in [0.15, 0.2) is 156 Å². The first-order valence-corrected chi connectivity index (χ1v) is 17.5. The third-order valence-electron chi connectivity index (χ3n) is 10.3. The maximum absolute atomic E-state index is 6.17. The summed E-state index contributed by atoms with van der Waals surface area (Å²) in [6, 6.07) is 40.4. The molecule has 0 spiro atoms. The van der Waals surface area contributed by atoms with Gasteiger partial charge in [0.05, 0.1) is 23.9 Å².